The van der Waals surface area contributed by atoms with E-state index in [2.05, 4.69) is 25.1 Å². The van der Waals surface area contributed by atoms with Gasteiger partial charge < -0.3 is 4.74 Å². The molecule has 0 bridgehead atoms. The molecule has 21 heavy (non-hydrogen) atoms. The van der Waals surface area contributed by atoms with Crippen molar-refractivity contribution in [1.29, 1.82) is 0 Å². The molecule has 6 nitrogen and oxygen atoms in total. The molecule has 1 aliphatic heterocycles. The van der Waals surface area contributed by atoms with E-state index >= 15 is 0 Å². The summed E-state index contributed by atoms with van der Waals surface area (Å²) in [5, 5.41) is 7.29. The van der Waals surface area contributed by atoms with Gasteiger partial charge in [0, 0.05) is 18.8 Å². The van der Waals surface area contributed by atoms with Crippen molar-refractivity contribution in [3.8, 4) is 5.75 Å². The summed E-state index contributed by atoms with van der Waals surface area (Å²) in [6.45, 7) is 3.79. The summed E-state index contributed by atoms with van der Waals surface area (Å²) in [4.78, 5) is 11.4. The molecular formula is C15H21N5O. The Balaban J connectivity index is 1.77. The van der Waals surface area contributed by atoms with Crippen LogP contribution in [0.3, 0.4) is 0 Å². The molecule has 1 fully saturated rings. The Bertz CT molecular complexity index is 597. The van der Waals surface area contributed by atoms with Gasteiger partial charge in [0.1, 0.15) is 11.6 Å². The number of pyridine rings is 1. The van der Waals surface area contributed by atoms with Gasteiger partial charge in [-0.25, -0.2) is 4.98 Å². The lowest BCUT2D eigenvalue weighted by Crippen LogP contribution is -2.33. The van der Waals surface area contributed by atoms with Crippen molar-refractivity contribution in [1.82, 2.24) is 25.1 Å². The van der Waals surface area contributed by atoms with E-state index in [0.29, 0.717) is 0 Å². The van der Waals surface area contributed by atoms with Crippen LogP contribution in [-0.2, 0) is 6.54 Å². The number of aromatic amines is 1. The Kier molecular flexibility index (Phi) is 4.15. The predicted molar refractivity (Wildman–Crippen MR) is 78.9 cm³/mol. The third kappa shape index (κ3) is 3.21. The van der Waals surface area contributed by atoms with E-state index in [1.165, 1.54) is 12.8 Å². The minimum atomic E-state index is 0.275. The molecule has 2 aromatic rings. The molecule has 112 valence electrons. The molecule has 0 spiro atoms. The van der Waals surface area contributed by atoms with Gasteiger partial charge in [-0.3, -0.25) is 15.0 Å². The third-order valence-electron chi connectivity index (χ3n) is 3.92. The Morgan fingerprint density at radius 1 is 1.43 bits per heavy atom. The molecule has 1 aliphatic rings. The van der Waals surface area contributed by atoms with Crippen molar-refractivity contribution < 1.29 is 4.74 Å². The number of aryl methyl sites for hydroxylation is 1. The number of hydrogen-bond donors (Lipinski definition) is 1. The molecule has 3 heterocycles. The molecule has 1 saturated heterocycles. The standard InChI is InChI=1S/C15H21N5O/c1-11-17-15(19-18-11)14-5-3-4-8-20(14)10-12-9-13(21-2)6-7-16-12/h6-7,9,14H,3-5,8,10H2,1-2H3,(H,17,18,19)/t14-/m0/s1. The van der Waals surface area contributed by atoms with Crippen LogP contribution in [0, 0.1) is 6.92 Å². The Morgan fingerprint density at radius 2 is 2.33 bits per heavy atom. The summed E-state index contributed by atoms with van der Waals surface area (Å²) in [5.41, 5.74) is 1.02. The number of nitrogens with zero attached hydrogens (tertiary/aromatic N) is 4. The normalized spacial score (nSPS) is 19.6. The zero-order valence-electron chi connectivity index (χ0n) is 12.5. The van der Waals surface area contributed by atoms with Crippen LogP contribution in [0.4, 0.5) is 0 Å². The Morgan fingerprint density at radius 3 is 3.10 bits per heavy atom. The predicted octanol–water partition coefficient (Wildman–Crippen LogP) is 2.24. The first-order valence-corrected chi connectivity index (χ1v) is 7.38. The largest absolute Gasteiger partial charge is 0.497 e. The highest BCUT2D eigenvalue weighted by Gasteiger charge is 2.27. The summed E-state index contributed by atoms with van der Waals surface area (Å²) >= 11 is 0. The molecular weight excluding hydrogens is 266 g/mol. The van der Waals surface area contributed by atoms with Gasteiger partial charge in [-0.2, -0.15) is 5.10 Å². The van der Waals surface area contributed by atoms with Crippen LogP contribution in [0.1, 0.15) is 42.6 Å². The summed E-state index contributed by atoms with van der Waals surface area (Å²) < 4.78 is 5.27. The van der Waals surface area contributed by atoms with E-state index in [1.54, 1.807) is 13.3 Å². The van der Waals surface area contributed by atoms with Gasteiger partial charge in [0.15, 0.2) is 5.82 Å². The van der Waals surface area contributed by atoms with Crippen LogP contribution in [0.5, 0.6) is 5.75 Å². The first-order chi connectivity index (χ1) is 10.3. The van der Waals surface area contributed by atoms with Gasteiger partial charge >= 0.3 is 0 Å². The van der Waals surface area contributed by atoms with E-state index in [1.807, 2.05) is 19.1 Å². The van der Waals surface area contributed by atoms with Crippen molar-refractivity contribution in [3.63, 3.8) is 0 Å². The monoisotopic (exact) mass is 287 g/mol. The molecule has 2 aromatic heterocycles. The number of hydrogen-bond acceptors (Lipinski definition) is 5. The highest BCUT2D eigenvalue weighted by atomic mass is 16.5. The molecule has 1 atom stereocenters. The van der Waals surface area contributed by atoms with Crippen LogP contribution in [0.15, 0.2) is 18.3 Å². The fraction of sp³-hybridized carbons (Fsp3) is 0.533. The maximum Gasteiger partial charge on any atom is 0.167 e. The van der Waals surface area contributed by atoms with Crippen LogP contribution in [0.2, 0.25) is 0 Å². The summed E-state index contributed by atoms with van der Waals surface area (Å²) in [5.74, 6) is 2.62. The lowest BCUT2D eigenvalue weighted by atomic mass is 10.0. The average molecular weight is 287 g/mol. The van der Waals surface area contributed by atoms with Crippen LogP contribution < -0.4 is 4.74 Å². The maximum absolute atomic E-state index is 5.27. The first-order valence-electron chi connectivity index (χ1n) is 7.38. The first kappa shape index (κ1) is 14.0. The number of H-pyrrole nitrogens is 1. The zero-order valence-corrected chi connectivity index (χ0v) is 12.5. The van der Waals surface area contributed by atoms with E-state index in [4.69, 9.17) is 4.74 Å². The fourth-order valence-electron chi connectivity index (χ4n) is 2.86. The summed E-state index contributed by atoms with van der Waals surface area (Å²) in [7, 11) is 1.68. The van der Waals surface area contributed by atoms with Gasteiger partial charge in [0.05, 0.1) is 18.8 Å². The van der Waals surface area contributed by atoms with Gasteiger partial charge in [0.2, 0.25) is 0 Å². The zero-order chi connectivity index (χ0) is 14.7. The smallest absolute Gasteiger partial charge is 0.167 e. The number of ether oxygens (including phenoxy) is 1. The molecule has 0 unspecified atom stereocenters. The van der Waals surface area contributed by atoms with Gasteiger partial charge in [-0.15, -0.1) is 0 Å². The number of nitrogens with one attached hydrogen (secondary N) is 1. The number of piperidine rings is 1. The third-order valence-corrected chi connectivity index (χ3v) is 3.92. The molecule has 0 aromatic carbocycles. The molecule has 0 saturated carbocycles. The summed E-state index contributed by atoms with van der Waals surface area (Å²) in [6.07, 6.45) is 5.33. The van der Waals surface area contributed by atoms with Crippen molar-refractivity contribution in [3.05, 3.63) is 35.7 Å². The lowest BCUT2D eigenvalue weighted by molar-refractivity contribution is 0.132. The molecule has 1 N–H and O–H groups in total. The minimum Gasteiger partial charge on any atom is -0.497 e. The van der Waals surface area contributed by atoms with Crippen molar-refractivity contribution in [2.24, 2.45) is 0 Å². The SMILES string of the molecule is COc1ccnc(CN2CCCC[C@H]2c2n[nH]c(C)n2)c1. The summed E-state index contributed by atoms with van der Waals surface area (Å²) in [6, 6.07) is 4.14. The van der Waals surface area contributed by atoms with Gasteiger partial charge in [0.25, 0.3) is 0 Å². The van der Waals surface area contributed by atoms with Crippen LogP contribution in [0.25, 0.3) is 0 Å². The molecule has 0 aliphatic carbocycles. The van der Waals surface area contributed by atoms with Crippen molar-refractivity contribution in [2.75, 3.05) is 13.7 Å². The highest BCUT2D eigenvalue weighted by Crippen LogP contribution is 2.30. The quantitative estimate of drug-likeness (QED) is 0.934. The second kappa shape index (κ2) is 6.22. The van der Waals surface area contributed by atoms with Crippen LogP contribution >= 0.6 is 0 Å². The van der Waals surface area contributed by atoms with E-state index in [-0.39, 0.29) is 6.04 Å². The van der Waals surface area contributed by atoms with Gasteiger partial charge in [-0.1, -0.05) is 6.42 Å². The Labute approximate surface area is 124 Å². The average Bonchev–Trinajstić information content (AvgIpc) is 2.94. The van der Waals surface area contributed by atoms with Crippen LogP contribution in [-0.4, -0.2) is 38.7 Å². The minimum absolute atomic E-state index is 0.275. The number of rotatable bonds is 4. The van der Waals surface area contributed by atoms with Gasteiger partial charge in [-0.05, 0) is 32.4 Å². The lowest BCUT2D eigenvalue weighted by Gasteiger charge is -2.33. The van der Waals surface area contributed by atoms with Crippen molar-refractivity contribution in [2.45, 2.75) is 38.8 Å². The molecule has 0 amide bonds. The topological polar surface area (TPSA) is 66.9 Å². The van der Waals surface area contributed by atoms with E-state index in [9.17, 15) is 0 Å². The van der Waals surface area contributed by atoms with Crippen molar-refractivity contribution >= 4 is 0 Å². The fourth-order valence-corrected chi connectivity index (χ4v) is 2.86. The van der Waals surface area contributed by atoms with E-state index in [0.717, 1.165) is 42.6 Å². The number of likely N-dealkylation sites (tertiary alicyclic amines) is 1. The number of aromatic nitrogens is 4. The maximum atomic E-state index is 5.27. The molecule has 3 rings (SSSR count). The Hall–Kier alpha value is -1.95. The second-order valence-electron chi connectivity index (χ2n) is 5.45. The van der Waals surface area contributed by atoms with E-state index < -0.39 is 0 Å². The second-order valence-corrected chi connectivity index (χ2v) is 5.45. The molecule has 6 heteroatoms. The highest BCUT2D eigenvalue weighted by molar-refractivity contribution is 5.22. The molecule has 0 radical (unpaired) electrons. The number of methoxy groups -OCH3 is 1.